The Bertz CT molecular complexity index is 1570. The van der Waals surface area contributed by atoms with Gasteiger partial charge in [0.05, 0.1) is 13.2 Å². The van der Waals surface area contributed by atoms with Crippen molar-refractivity contribution in [1.82, 2.24) is 0 Å². The molecule has 4 aromatic rings. The molecule has 0 aliphatic rings. The van der Waals surface area contributed by atoms with Gasteiger partial charge in [-0.1, -0.05) is 0 Å². The molecular formula is C29H28O10. The number of benzene rings is 2. The molecule has 0 bridgehead atoms. The summed E-state index contributed by atoms with van der Waals surface area (Å²) in [5.41, 5.74) is 0.665. The van der Waals surface area contributed by atoms with Crippen molar-refractivity contribution in [3.8, 4) is 11.5 Å². The van der Waals surface area contributed by atoms with Gasteiger partial charge in [0.25, 0.3) is 0 Å². The number of hydrogen-bond acceptors (Lipinski definition) is 10. The molecule has 2 aromatic carbocycles. The van der Waals surface area contributed by atoms with E-state index in [4.69, 9.17) is 27.8 Å². The molecule has 0 aliphatic heterocycles. The molecule has 2 heterocycles. The van der Waals surface area contributed by atoms with E-state index in [2.05, 4.69) is 0 Å². The van der Waals surface area contributed by atoms with Crippen LogP contribution in [0.2, 0.25) is 0 Å². The van der Waals surface area contributed by atoms with Gasteiger partial charge in [-0.05, 0) is 68.5 Å². The van der Waals surface area contributed by atoms with Crippen molar-refractivity contribution in [3.63, 3.8) is 0 Å². The maximum atomic E-state index is 11.9. The molecule has 0 radical (unpaired) electrons. The van der Waals surface area contributed by atoms with E-state index in [1.165, 1.54) is 12.1 Å². The van der Waals surface area contributed by atoms with E-state index >= 15 is 0 Å². The predicted molar refractivity (Wildman–Crippen MR) is 141 cm³/mol. The van der Waals surface area contributed by atoms with E-state index in [0.29, 0.717) is 35.5 Å². The summed E-state index contributed by atoms with van der Waals surface area (Å²) >= 11 is 0. The minimum absolute atomic E-state index is 0.256. The van der Waals surface area contributed by atoms with Gasteiger partial charge in [-0.25, -0.2) is 19.2 Å². The van der Waals surface area contributed by atoms with E-state index in [1.807, 2.05) is 6.92 Å². The van der Waals surface area contributed by atoms with Gasteiger partial charge in [0.1, 0.15) is 22.7 Å². The maximum absolute atomic E-state index is 11.9. The lowest BCUT2D eigenvalue weighted by Gasteiger charge is -2.09. The summed E-state index contributed by atoms with van der Waals surface area (Å²) in [5, 5.41) is 1.55. The Hall–Kier alpha value is -4.60. The average Bonchev–Trinajstić information content (AvgIpc) is 2.91. The second kappa shape index (κ2) is 13.3. The number of carbonyl (C=O) groups is 2. The molecule has 2 aromatic heterocycles. The van der Waals surface area contributed by atoms with Crippen molar-refractivity contribution in [2.24, 2.45) is 0 Å². The SMILES string of the molecule is Cc1cc(=O)oc2cc(OCC(=O)OCCCCCCOC(=O)COc3ccc4ccc(=O)oc4c3)ccc12. The molecule has 10 heteroatoms. The van der Waals surface area contributed by atoms with E-state index in [1.54, 1.807) is 42.5 Å². The van der Waals surface area contributed by atoms with Crippen molar-refractivity contribution in [3.05, 3.63) is 81.0 Å². The van der Waals surface area contributed by atoms with Crippen LogP contribution in [0.5, 0.6) is 11.5 Å². The lowest BCUT2D eigenvalue weighted by molar-refractivity contribution is -0.147. The van der Waals surface area contributed by atoms with Crippen LogP contribution in [0.4, 0.5) is 0 Å². The van der Waals surface area contributed by atoms with Crippen LogP contribution in [-0.4, -0.2) is 38.4 Å². The fraction of sp³-hybridized carbons (Fsp3) is 0.310. The molecule has 0 N–H and O–H groups in total. The van der Waals surface area contributed by atoms with Crippen molar-refractivity contribution < 1.29 is 37.4 Å². The summed E-state index contributed by atoms with van der Waals surface area (Å²) in [4.78, 5) is 46.7. The van der Waals surface area contributed by atoms with Crippen molar-refractivity contribution >= 4 is 33.9 Å². The summed E-state index contributed by atoms with van der Waals surface area (Å²) in [6.07, 6.45) is 2.93. The number of fused-ring (bicyclic) bond motifs is 2. The number of aryl methyl sites for hydroxylation is 1. The molecule has 0 aliphatic carbocycles. The van der Waals surface area contributed by atoms with Crippen LogP contribution in [-0.2, 0) is 19.1 Å². The van der Waals surface area contributed by atoms with Gasteiger partial charge in [0.15, 0.2) is 13.2 Å². The fourth-order valence-corrected chi connectivity index (χ4v) is 3.82. The molecule has 0 spiro atoms. The molecule has 0 atom stereocenters. The molecule has 0 saturated heterocycles. The first kappa shape index (κ1) is 27.4. The van der Waals surface area contributed by atoms with E-state index < -0.39 is 23.2 Å². The standard InChI is InChI=1S/C29H28O10/c1-19-14-27(31)39-25-16-22(9-10-23(19)25)37-18-29(33)35-13-5-3-2-4-12-34-28(32)17-36-21-8-6-20-7-11-26(30)38-24(20)15-21/h6-11,14-16H,2-5,12-13,17-18H2,1H3. The lowest BCUT2D eigenvalue weighted by atomic mass is 10.1. The fourth-order valence-electron chi connectivity index (χ4n) is 3.82. The average molecular weight is 537 g/mol. The van der Waals surface area contributed by atoms with Gasteiger partial charge in [-0.2, -0.15) is 0 Å². The third-order valence-electron chi connectivity index (χ3n) is 5.80. The molecule has 4 rings (SSSR count). The summed E-state index contributed by atoms with van der Waals surface area (Å²) < 4.78 is 31.5. The summed E-state index contributed by atoms with van der Waals surface area (Å²) in [5.74, 6) is -0.196. The first-order valence-corrected chi connectivity index (χ1v) is 12.5. The van der Waals surface area contributed by atoms with Crippen LogP contribution >= 0.6 is 0 Å². The quantitative estimate of drug-likeness (QED) is 0.138. The number of esters is 2. The highest BCUT2D eigenvalue weighted by Crippen LogP contribution is 2.22. The molecule has 204 valence electrons. The van der Waals surface area contributed by atoms with Crippen LogP contribution in [0.3, 0.4) is 0 Å². The number of rotatable bonds is 13. The van der Waals surface area contributed by atoms with Gasteiger partial charge in [-0.15, -0.1) is 0 Å². The zero-order chi connectivity index (χ0) is 27.6. The van der Waals surface area contributed by atoms with Gasteiger partial charge in [0, 0.05) is 35.0 Å². The van der Waals surface area contributed by atoms with E-state index in [9.17, 15) is 19.2 Å². The zero-order valence-corrected chi connectivity index (χ0v) is 21.4. The number of carbonyl (C=O) groups excluding carboxylic acids is 2. The minimum atomic E-state index is -0.498. The Balaban J connectivity index is 1.04. The summed E-state index contributed by atoms with van der Waals surface area (Å²) in [6.45, 7) is 1.82. The van der Waals surface area contributed by atoms with E-state index in [0.717, 1.165) is 29.2 Å². The lowest BCUT2D eigenvalue weighted by Crippen LogP contribution is -2.16. The predicted octanol–water partition coefficient (Wildman–Crippen LogP) is 4.31. The Morgan fingerprint density at radius 3 is 1.90 bits per heavy atom. The highest BCUT2D eigenvalue weighted by Gasteiger charge is 2.09. The van der Waals surface area contributed by atoms with Crippen LogP contribution < -0.4 is 20.7 Å². The zero-order valence-electron chi connectivity index (χ0n) is 21.4. The molecule has 39 heavy (non-hydrogen) atoms. The van der Waals surface area contributed by atoms with Crippen LogP contribution in [0.25, 0.3) is 21.9 Å². The monoisotopic (exact) mass is 536 g/mol. The largest absolute Gasteiger partial charge is 0.482 e. The number of hydrogen-bond donors (Lipinski definition) is 0. The molecule has 10 nitrogen and oxygen atoms in total. The first-order chi connectivity index (χ1) is 18.9. The molecule has 0 unspecified atom stereocenters. The van der Waals surface area contributed by atoms with Crippen molar-refractivity contribution in [2.45, 2.75) is 32.6 Å². The third-order valence-corrected chi connectivity index (χ3v) is 5.80. The molecule has 0 amide bonds. The van der Waals surface area contributed by atoms with Gasteiger partial charge in [-0.3, -0.25) is 0 Å². The Kier molecular flexibility index (Phi) is 9.34. The maximum Gasteiger partial charge on any atom is 0.344 e. The van der Waals surface area contributed by atoms with Crippen molar-refractivity contribution in [2.75, 3.05) is 26.4 Å². The van der Waals surface area contributed by atoms with Gasteiger partial charge in [0.2, 0.25) is 0 Å². The Morgan fingerprint density at radius 1 is 0.667 bits per heavy atom. The van der Waals surface area contributed by atoms with Gasteiger partial charge >= 0.3 is 23.2 Å². The smallest absolute Gasteiger partial charge is 0.344 e. The second-order valence-corrected chi connectivity index (χ2v) is 8.79. The van der Waals surface area contributed by atoms with Crippen molar-refractivity contribution in [1.29, 1.82) is 0 Å². The van der Waals surface area contributed by atoms with Crippen LogP contribution in [0.15, 0.2) is 73.0 Å². The highest BCUT2D eigenvalue weighted by atomic mass is 16.6. The number of unbranched alkanes of at least 4 members (excludes halogenated alkanes) is 3. The highest BCUT2D eigenvalue weighted by molar-refractivity contribution is 5.81. The third kappa shape index (κ3) is 8.19. The number of ether oxygens (including phenoxy) is 4. The first-order valence-electron chi connectivity index (χ1n) is 12.5. The molecular weight excluding hydrogens is 508 g/mol. The summed E-state index contributed by atoms with van der Waals surface area (Å²) in [6, 6.07) is 14.4. The normalized spacial score (nSPS) is 10.9. The Morgan fingerprint density at radius 2 is 1.23 bits per heavy atom. The van der Waals surface area contributed by atoms with E-state index in [-0.39, 0.29) is 26.4 Å². The van der Waals surface area contributed by atoms with Gasteiger partial charge < -0.3 is 27.8 Å². The summed E-state index contributed by atoms with van der Waals surface area (Å²) in [7, 11) is 0. The molecule has 0 fully saturated rings. The van der Waals surface area contributed by atoms with Crippen LogP contribution in [0.1, 0.15) is 31.2 Å². The Labute approximate surface area is 223 Å². The van der Waals surface area contributed by atoms with Crippen LogP contribution in [0, 0.1) is 6.92 Å². The second-order valence-electron chi connectivity index (χ2n) is 8.79. The minimum Gasteiger partial charge on any atom is -0.482 e. The molecule has 0 saturated carbocycles. The topological polar surface area (TPSA) is 131 Å².